The van der Waals surface area contributed by atoms with Gasteiger partial charge in [-0.05, 0) is 49.1 Å². The molecule has 0 N–H and O–H groups in total. The first-order valence-electron chi connectivity index (χ1n) is 10.8. The monoisotopic (exact) mass is 403 g/mol. The van der Waals surface area contributed by atoms with Crippen molar-refractivity contribution >= 4 is 5.91 Å². The van der Waals surface area contributed by atoms with Crippen LogP contribution in [0.3, 0.4) is 0 Å². The standard InChI is InChI=1S/C25H29N3O2/c29-25(22-9-4-5-10-22)28(16-7-15-27-17-14-26-20-27)19-21-8-6-13-24(18-21)30-23-11-2-1-3-12-23/h1-3,6,8,11-14,17-18,20,22H,4-5,7,9-10,15-16,19H2. The van der Waals surface area contributed by atoms with Gasteiger partial charge in [-0.3, -0.25) is 4.79 Å². The predicted molar refractivity (Wildman–Crippen MR) is 117 cm³/mol. The van der Waals surface area contributed by atoms with Gasteiger partial charge in [-0.25, -0.2) is 4.98 Å². The molecule has 0 bridgehead atoms. The molecule has 1 saturated carbocycles. The van der Waals surface area contributed by atoms with Crippen LogP contribution in [0.2, 0.25) is 0 Å². The summed E-state index contributed by atoms with van der Waals surface area (Å²) in [5.74, 6) is 2.09. The highest BCUT2D eigenvalue weighted by Gasteiger charge is 2.27. The van der Waals surface area contributed by atoms with Gasteiger partial charge in [0.05, 0.1) is 6.33 Å². The highest BCUT2D eigenvalue weighted by Crippen LogP contribution is 2.28. The van der Waals surface area contributed by atoms with Gasteiger partial charge in [0.1, 0.15) is 11.5 Å². The van der Waals surface area contributed by atoms with E-state index in [1.54, 1.807) is 6.20 Å². The van der Waals surface area contributed by atoms with Crippen LogP contribution in [-0.2, 0) is 17.9 Å². The summed E-state index contributed by atoms with van der Waals surface area (Å²) in [6.45, 7) is 2.23. The van der Waals surface area contributed by atoms with Crippen molar-refractivity contribution in [1.82, 2.24) is 14.5 Å². The summed E-state index contributed by atoms with van der Waals surface area (Å²) in [4.78, 5) is 19.3. The largest absolute Gasteiger partial charge is 0.457 e. The number of aryl methyl sites for hydroxylation is 1. The first kappa shape index (κ1) is 20.2. The van der Waals surface area contributed by atoms with Crippen molar-refractivity contribution in [2.45, 2.75) is 45.2 Å². The van der Waals surface area contributed by atoms with E-state index in [0.29, 0.717) is 12.5 Å². The minimum Gasteiger partial charge on any atom is -0.457 e. The number of rotatable bonds is 9. The quantitative estimate of drug-likeness (QED) is 0.488. The third-order valence-corrected chi connectivity index (χ3v) is 5.67. The fourth-order valence-electron chi connectivity index (χ4n) is 4.11. The van der Waals surface area contributed by atoms with E-state index >= 15 is 0 Å². The van der Waals surface area contributed by atoms with E-state index < -0.39 is 0 Å². The maximum atomic E-state index is 13.2. The predicted octanol–water partition coefficient (Wildman–Crippen LogP) is 5.28. The van der Waals surface area contributed by atoms with E-state index in [9.17, 15) is 4.79 Å². The number of aromatic nitrogens is 2. The second kappa shape index (κ2) is 10.1. The van der Waals surface area contributed by atoms with Crippen LogP contribution in [0.15, 0.2) is 73.3 Å². The van der Waals surface area contributed by atoms with Gasteiger partial charge in [-0.1, -0.05) is 43.2 Å². The van der Waals surface area contributed by atoms with Crippen LogP contribution >= 0.6 is 0 Å². The number of nitrogens with zero attached hydrogens (tertiary/aromatic N) is 3. The Balaban J connectivity index is 1.43. The van der Waals surface area contributed by atoms with E-state index in [1.807, 2.05) is 66.0 Å². The van der Waals surface area contributed by atoms with Gasteiger partial charge in [-0.2, -0.15) is 0 Å². The summed E-state index contributed by atoms with van der Waals surface area (Å²) in [7, 11) is 0. The first-order chi connectivity index (χ1) is 14.8. The second-order valence-electron chi connectivity index (χ2n) is 7.96. The van der Waals surface area contributed by atoms with E-state index in [2.05, 4.69) is 15.6 Å². The molecule has 0 saturated heterocycles. The maximum Gasteiger partial charge on any atom is 0.225 e. The zero-order valence-corrected chi connectivity index (χ0v) is 17.3. The fraction of sp³-hybridized carbons (Fsp3) is 0.360. The molecule has 1 heterocycles. The molecule has 1 aliphatic rings. The Bertz CT molecular complexity index is 919. The summed E-state index contributed by atoms with van der Waals surface area (Å²) in [5.41, 5.74) is 1.09. The van der Waals surface area contributed by atoms with Crippen LogP contribution in [0.25, 0.3) is 0 Å². The van der Waals surface area contributed by atoms with Crippen molar-refractivity contribution in [2.24, 2.45) is 5.92 Å². The van der Waals surface area contributed by atoms with E-state index in [4.69, 9.17) is 4.74 Å². The molecule has 30 heavy (non-hydrogen) atoms. The molecule has 0 aliphatic heterocycles. The molecule has 0 atom stereocenters. The van der Waals surface area contributed by atoms with Crippen molar-refractivity contribution in [2.75, 3.05) is 6.54 Å². The Hall–Kier alpha value is -3.08. The molecule has 1 amide bonds. The molecule has 5 nitrogen and oxygen atoms in total. The highest BCUT2D eigenvalue weighted by atomic mass is 16.5. The first-order valence-corrected chi connectivity index (χ1v) is 10.8. The normalized spacial score (nSPS) is 14.0. The molecular weight excluding hydrogens is 374 g/mol. The minimum absolute atomic E-state index is 0.182. The molecule has 1 aromatic heterocycles. The Morgan fingerprint density at radius 3 is 2.63 bits per heavy atom. The number of carbonyl (C=O) groups is 1. The topological polar surface area (TPSA) is 47.4 Å². The van der Waals surface area contributed by atoms with Crippen LogP contribution in [0, 0.1) is 5.92 Å². The van der Waals surface area contributed by atoms with Crippen LogP contribution in [0.1, 0.15) is 37.7 Å². The van der Waals surface area contributed by atoms with Crippen LogP contribution in [-0.4, -0.2) is 26.9 Å². The number of para-hydroxylation sites is 1. The van der Waals surface area contributed by atoms with Crippen molar-refractivity contribution in [3.63, 3.8) is 0 Å². The molecule has 5 heteroatoms. The Labute approximate surface area is 178 Å². The summed E-state index contributed by atoms with van der Waals surface area (Å²) in [6.07, 6.45) is 10.9. The minimum atomic E-state index is 0.182. The van der Waals surface area contributed by atoms with Crippen LogP contribution in [0.4, 0.5) is 0 Å². The van der Waals surface area contributed by atoms with E-state index in [-0.39, 0.29) is 5.92 Å². The van der Waals surface area contributed by atoms with Gasteiger partial charge in [0, 0.05) is 37.9 Å². The second-order valence-corrected chi connectivity index (χ2v) is 7.96. The average Bonchev–Trinajstić information content (AvgIpc) is 3.48. The van der Waals surface area contributed by atoms with Gasteiger partial charge in [0.2, 0.25) is 5.91 Å². The molecule has 1 aliphatic carbocycles. The lowest BCUT2D eigenvalue weighted by Crippen LogP contribution is -2.36. The van der Waals surface area contributed by atoms with Gasteiger partial charge >= 0.3 is 0 Å². The van der Waals surface area contributed by atoms with Gasteiger partial charge in [-0.15, -0.1) is 0 Å². The highest BCUT2D eigenvalue weighted by molar-refractivity contribution is 5.79. The number of ether oxygens (including phenoxy) is 1. The molecule has 4 rings (SSSR count). The molecule has 2 aromatic carbocycles. The number of carbonyl (C=O) groups excluding carboxylic acids is 1. The molecule has 156 valence electrons. The lowest BCUT2D eigenvalue weighted by atomic mass is 10.1. The molecule has 0 spiro atoms. The van der Waals surface area contributed by atoms with Crippen molar-refractivity contribution < 1.29 is 9.53 Å². The summed E-state index contributed by atoms with van der Waals surface area (Å²) in [6, 6.07) is 17.8. The molecule has 0 unspecified atom stereocenters. The zero-order valence-electron chi connectivity index (χ0n) is 17.3. The third-order valence-electron chi connectivity index (χ3n) is 5.67. The smallest absolute Gasteiger partial charge is 0.225 e. The Kier molecular flexibility index (Phi) is 6.80. The van der Waals surface area contributed by atoms with Gasteiger partial charge in [0.15, 0.2) is 0 Å². The van der Waals surface area contributed by atoms with E-state index in [1.165, 1.54) is 12.8 Å². The summed E-state index contributed by atoms with van der Waals surface area (Å²) >= 11 is 0. The lowest BCUT2D eigenvalue weighted by molar-refractivity contribution is -0.136. The molecule has 1 fully saturated rings. The van der Waals surface area contributed by atoms with Gasteiger partial charge in [0.25, 0.3) is 0 Å². The van der Waals surface area contributed by atoms with Crippen molar-refractivity contribution in [1.29, 1.82) is 0 Å². The molecule has 0 radical (unpaired) electrons. The number of imidazole rings is 1. The van der Waals surface area contributed by atoms with Crippen molar-refractivity contribution in [3.05, 3.63) is 78.9 Å². The zero-order chi connectivity index (χ0) is 20.6. The van der Waals surface area contributed by atoms with E-state index in [0.717, 1.165) is 49.4 Å². The average molecular weight is 404 g/mol. The van der Waals surface area contributed by atoms with Crippen molar-refractivity contribution in [3.8, 4) is 11.5 Å². The molecule has 3 aromatic rings. The number of hydrogen-bond donors (Lipinski definition) is 0. The number of hydrogen-bond acceptors (Lipinski definition) is 3. The summed E-state index contributed by atoms with van der Waals surface area (Å²) in [5, 5.41) is 0. The SMILES string of the molecule is O=C(C1CCCC1)N(CCCn1ccnc1)Cc1cccc(Oc2ccccc2)c1. The van der Waals surface area contributed by atoms with Crippen LogP contribution in [0.5, 0.6) is 11.5 Å². The number of amides is 1. The lowest BCUT2D eigenvalue weighted by Gasteiger charge is -2.26. The maximum absolute atomic E-state index is 13.2. The Morgan fingerprint density at radius 2 is 1.87 bits per heavy atom. The van der Waals surface area contributed by atoms with Gasteiger partial charge < -0.3 is 14.2 Å². The molecular formula is C25H29N3O2. The third kappa shape index (κ3) is 5.50. The fourth-order valence-corrected chi connectivity index (χ4v) is 4.11. The summed E-state index contributed by atoms with van der Waals surface area (Å²) < 4.78 is 8.04. The van der Waals surface area contributed by atoms with Crippen LogP contribution < -0.4 is 4.74 Å². The Morgan fingerprint density at radius 1 is 1.07 bits per heavy atom. The number of benzene rings is 2.